The van der Waals surface area contributed by atoms with Crippen LogP contribution in [0.2, 0.25) is 0 Å². The van der Waals surface area contributed by atoms with Crippen LogP contribution in [-0.4, -0.2) is 25.8 Å². The van der Waals surface area contributed by atoms with E-state index in [2.05, 4.69) is 16.1 Å². The minimum absolute atomic E-state index is 0.395. The lowest BCUT2D eigenvalue weighted by Crippen LogP contribution is -2.40. The van der Waals surface area contributed by atoms with E-state index in [1.165, 1.54) is 3.93 Å². The zero-order valence-electron chi connectivity index (χ0n) is 6.67. The highest BCUT2D eigenvalue weighted by molar-refractivity contribution is 9.07. The zero-order chi connectivity index (χ0) is 9.52. The van der Waals surface area contributed by atoms with Crippen LogP contribution in [0.3, 0.4) is 0 Å². The number of rotatable bonds is 1. The minimum atomic E-state index is -0.848. The first-order valence-corrected chi connectivity index (χ1v) is 4.50. The molecule has 0 unspecified atom stereocenters. The smallest absolute Gasteiger partial charge is 0.270 e. The van der Waals surface area contributed by atoms with Gasteiger partial charge in [0.1, 0.15) is 5.54 Å². The van der Waals surface area contributed by atoms with E-state index in [0.29, 0.717) is 10.8 Å². The molecule has 0 aromatic carbocycles. The van der Waals surface area contributed by atoms with Crippen molar-refractivity contribution in [2.24, 2.45) is 0 Å². The molecule has 0 saturated carbocycles. The second kappa shape index (κ2) is 2.88. The third-order valence-corrected chi connectivity index (χ3v) is 3.48. The Morgan fingerprint density at radius 1 is 1.58 bits per heavy atom. The average Bonchev–Trinajstić information content (AvgIpc) is 2.22. The number of urea groups is 1. The van der Waals surface area contributed by atoms with Crippen LogP contribution in [0.1, 0.15) is 20.3 Å². The van der Waals surface area contributed by atoms with E-state index in [1.807, 2.05) is 6.92 Å². The number of carbonyl (C=O) groups excluding carboxylic acids is 2. The highest BCUT2D eigenvalue weighted by atomic mass is 79.9. The first-order valence-electron chi connectivity index (χ1n) is 3.45. The summed E-state index contributed by atoms with van der Waals surface area (Å²) in [6, 6.07) is -0.536. The highest BCUT2D eigenvalue weighted by Crippen LogP contribution is 2.34. The SMILES string of the molecule is CC[C@@]1(C)C(=O)N(Cl)C(=O)N1Br. The van der Waals surface area contributed by atoms with Gasteiger partial charge in [-0.15, -0.1) is 0 Å². The van der Waals surface area contributed by atoms with Gasteiger partial charge in [0.05, 0.1) is 16.1 Å². The van der Waals surface area contributed by atoms with Crippen molar-refractivity contribution in [1.82, 2.24) is 8.34 Å². The van der Waals surface area contributed by atoms with Crippen molar-refractivity contribution in [2.75, 3.05) is 0 Å². The largest absolute Gasteiger partial charge is 0.352 e. The van der Waals surface area contributed by atoms with Gasteiger partial charge in [0.15, 0.2) is 0 Å². The summed E-state index contributed by atoms with van der Waals surface area (Å²) in [4.78, 5) is 22.5. The molecule has 1 aliphatic heterocycles. The maximum absolute atomic E-state index is 11.4. The van der Waals surface area contributed by atoms with E-state index in [0.717, 1.165) is 0 Å². The fraction of sp³-hybridized carbons (Fsp3) is 0.667. The summed E-state index contributed by atoms with van der Waals surface area (Å²) in [5.41, 5.74) is -0.848. The van der Waals surface area contributed by atoms with Crippen LogP contribution < -0.4 is 0 Å². The lowest BCUT2D eigenvalue weighted by atomic mass is 10.0. The second-order valence-electron chi connectivity index (χ2n) is 2.78. The van der Waals surface area contributed by atoms with Crippen LogP contribution in [0.5, 0.6) is 0 Å². The molecule has 1 atom stereocenters. The Morgan fingerprint density at radius 3 is 2.25 bits per heavy atom. The molecule has 0 N–H and O–H groups in total. The maximum Gasteiger partial charge on any atom is 0.352 e. The first kappa shape index (κ1) is 9.80. The summed E-state index contributed by atoms with van der Waals surface area (Å²) in [7, 11) is 0. The van der Waals surface area contributed by atoms with Gasteiger partial charge in [-0.1, -0.05) is 6.92 Å². The molecule has 1 heterocycles. The van der Waals surface area contributed by atoms with Gasteiger partial charge in [-0.25, -0.2) is 8.72 Å². The Hall–Kier alpha value is -0.290. The van der Waals surface area contributed by atoms with Crippen molar-refractivity contribution >= 4 is 39.9 Å². The molecule has 3 amide bonds. The minimum Gasteiger partial charge on any atom is -0.270 e. The molecule has 1 aliphatic rings. The Balaban J connectivity index is 3.06. The van der Waals surface area contributed by atoms with Gasteiger partial charge in [-0.3, -0.25) is 4.79 Å². The van der Waals surface area contributed by atoms with E-state index in [9.17, 15) is 9.59 Å². The van der Waals surface area contributed by atoms with Crippen molar-refractivity contribution in [3.05, 3.63) is 0 Å². The monoisotopic (exact) mass is 254 g/mol. The standard InChI is InChI=1S/C6H8BrClN2O2/c1-3-6(2)4(11)9(8)5(12)10(6)7/h3H2,1-2H3/t6-/m0/s1. The number of hydrogen-bond donors (Lipinski definition) is 0. The molecule has 0 spiro atoms. The Labute approximate surface area is 83.9 Å². The summed E-state index contributed by atoms with van der Waals surface area (Å²) in [6.07, 6.45) is 0.520. The van der Waals surface area contributed by atoms with Gasteiger partial charge in [-0.05, 0) is 13.3 Å². The predicted octanol–water partition coefficient (Wildman–Crippen LogP) is 1.88. The number of amides is 3. The normalized spacial score (nSPS) is 30.3. The van der Waals surface area contributed by atoms with Gasteiger partial charge in [0, 0.05) is 11.8 Å². The van der Waals surface area contributed by atoms with Crippen molar-refractivity contribution in [3.8, 4) is 0 Å². The highest BCUT2D eigenvalue weighted by Gasteiger charge is 2.52. The lowest BCUT2D eigenvalue weighted by Gasteiger charge is -2.23. The summed E-state index contributed by atoms with van der Waals surface area (Å²) >= 11 is 8.44. The second-order valence-corrected chi connectivity index (χ2v) is 3.82. The maximum atomic E-state index is 11.4. The first-order chi connectivity index (χ1) is 5.45. The van der Waals surface area contributed by atoms with Crippen molar-refractivity contribution in [2.45, 2.75) is 25.8 Å². The molecule has 0 aromatic rings. The fourth-order valence-electron chi connectivity index (χ4n) is 0.961. The summed E-state index contributed by atoms with van der Waals surface area (Å²) in [5, 5.41) is 0. The molecule has 12 heavy (non-hydrogen) atoms. The molecule has 4 nitrogen and oxygen atoms in total. The molecular weight excluding hydrogens is 247 g/mol. The van der Waals surface area contributed by atoms with E-state index in [1.54, 1.807) is 6.92 Å². The topological polar surface area (TPSA) is 40.6 Å². The molecule has 6 heteroatoms. The third kappa shape index (κ3) is 1.03. The summed E-state index contributed by atoms with van der Waals surface area (Å²) < 4.78 is 1.77. The number of nitrogens with zero attached hydrogens (tertiary/aromatic N) is 2. The molecule has 0 aliphatic carbocycles. The Bertz CT molecular complexity index is 248. The quantitative estimate of drug-likeness (QED) is 0.530. The Kier molecular flexibility index (Phi) is 2.35. The number of halogens is 2. The van der Waals surface area contributed by atoms with Crippen LogP contribution in [0, 0.1) is 0 Å². The third-order valence-electron chi connectivity index (χ3n) is 2.10. The van der Waals surface area contributed by atoms with Gasteiger partial charge < -0.3 is 0 Å². The van der Waals surface area contributed by atoms with Gasteiger partial charge in [-0.2, -0.15) is 4.42 Å². The molecule has 68 valence electrons. The average molecular weight is 255 g/mol. The van der Waals surface area contributed by atoms with E-state index in [4.69, 9.17) is 11.8 Å². The fourth-order valence-corrected chi connectivity index (χ4v) is 1.87. The summed E-state index contributed by atoms with van der Waals surface area (Å²) in [5.74, 6) is -0.395. The van der Waals surface area contributed by atoms with Crippen molar-refractivity contribution < 1.29 is 9.59 Å². The van der Waals surface area contributed by atoms with Crippen LogP contribution in [-0.2, 0) is 4.79 Å². The number of hydrogen-bond acceptors (Lipinski definition) is 2. The lowest BCUT2D eigenvalue weighted by molar-refractivity contribution is -0.128. The molecule has 1 fully saturated rings. The van der Waals surface area contributed by atoms with Gasteiger partial charge in [0.2, 0.25) is 0 Å². The van der Waals surface area contributed by atoms with Crippen LogP contribution in [0.25, 0.3) is 0 Å². The van der Waals surface area contributed by atoms with Crippen molar-refractivity contribution in [3.63, 3.8) is 0 Å². The van der Waals surface area contributed by atoms with Crippen LogP contribution >= 0.6 is 27.9 Å². The Morgan fingerprint density at radius 2 is 2.08 bits per heavy atom. The molecule has 1 rings (SSSR count). The molecular formula is C6H8BrClN2O2. The van der Waals surface area contributed by atoms with Crippen LogP contribution in [0.4, 0.5) is 4.79 Å². The van der Waals surface area contributed by atoms with Gasteiger partial charge >= 0.3 is 6.03 Å². The van der Waals surface area contributed by atoms with E-state index < -0.39 is 17.5 Å². The predicted molar refractivity (Wildman–Crippen MR) is 47.6 cm³/mol. The van der Waals surface area contributed by atoms with E-state index >= 15 is 0 Å². The van der Waals surface area contributed by atoms with E-state index in [-0.39, 0.29) is 0 Å². The molecule has 0 bridgehead atoms. The molecule has 1 saturated heterocycles. The summed E-state index contributed by atoms with van der Waals surface area (Å²) in [6.45, 7) is 3.47. The number of carbonyl (C=O) groups is 2. The van der Waals surface area contributed by atoms with Crippen molar-refractivity contribution in [1.29, 1.82) is 0 Å². The molecule has 0 aromatic heterocycles. The van der Waals surface area contributed by atoms with Gasteiger partial charge in [0.25, 0.3) is 5.91 Å². The number of imide groups is 1. The molecule has 0 radical (unpaired) electrons. The zero-order valence-corrected chi connectivity index (χ0v) is 9.02. The van der Waals surface area contributed by atoms with Crippen LogP contribution in [0.15, 0.2) is 0 Å².